The molecule has 0 unspecified atom stereocenters. The molecule has 0 bridgehead atoms. The zero-order valence-electron chi connectivity index (χ0n) is 11.9. The standard InChI is InChI=1S/C16H27P/c1-5-7-12-17(13-8-6-2)16-14(3)10-9-11-15(16)4/h9-11H,5-8,12-13H2,1-4H3. The quantitative estimate of drug-likeness (QED) is 0.597. The lowest BCUT2D eigenvalue weighted by atomic mass is 10.2. The van der Waals surface area contributed by atoms with Crippen LogP contribution < -0.4 is 5.30 Å². The highest BCUT2D eigenvalue weighted by atomic mass is 31.1. The van der Waals surface area contributed by atoms with Gasteiger partial charge in [0, 0.05) is 0 Å². The third-order valence-electron chi connectivity index (χ3n) is 3.32. The Balaban J connectivity index is 2.86. The Kier molecular flexibility index (Phi) is 6.82. The van der Waals surface area contributed by atoms with Gasteiger partial charge in [-0.25, -0.2) is 0 Å². The zero-order valence-corrected chi connectivity index (χ0v) is 12.8. The maximum atomic E-state index is 2.30. The van der Waals surface area contributed by atoms with Crippen molar-refractivity contribution in [3.8, 4) is 0 Å². The van der Waals surface area contributed by atoms with Crippen LogP contribution in [0.25, 0.3) is 0 Å². The van der Waals surface area contributed by atoms with Crippen LogP contribution >= 0.6 is 7.92 Å². The van der Waals surface area contributed by atoms with E-state index in [1.54, 1.807) is 5.30 Å². The third kappa shape index (κ3) is 4.43. The normalized spacial score (nSPS) is 11.1. The van der Waals surface area contributed by atoms with Crippen molar-refractivity contribution in [3.63, 3.8) is 0 Å². The summed E-state index contributed by atoms with van der Waals surface area (Å²) in [5.41, 5.74) is 3.03. The van der Waals surface area contributed by atoms with Gasteiger partial charge in [-0.2, -0.15) is 0 Å². The Morgan fingerprint density at radius 1 is 0.882 bits per heavy atom. The van der Waals surface area contributed by atoms with Crippen LogP contribution in [0.15, 0.2) is 18.2 Å². The molecule has 0 saturated carbocycles. The van der Waals surface area contributed by atoms with E-state index in [-0.39, 0.29) is 7.92 Å². The van der Waals surface area contributed by atoms with Crippen molar-refractivity contribution >= 4 is 13.2 Å². The molecule has 0 aromatic heterocycles. The summed E-state index contributed by atoms with van der Waals surface area (Å²) >= 11 is 0. The molecule has 0 radical (unpaired) electrons. The van der Waals surface area contributed by atoms with Gasteiger partial charge >= 0.3 is 0 Å². The highest BCUT2D eigenvalue weighted by Gasteiger charge is 2.14. The van der Waals surface area contributed by atoms with Crippen molar-refractivity contribution < 1.29 is 0 Å². The molecule has 1 aromatic carbocycles. The van der Waals surface area contributed by atoms with Crippen LogP contribution in [0.3, 0.4) is 0 Å². The Morgan fingerprint density at radius 3 is 1.76 bits per heavy atom. The van der Waals surface area contributed by atoms with Gasteiger partial charge in [0.25, 0.3) is 0 Å². The van der Waals surface area contributed by atoms with Gasteiger partial charge in [0.2, 0.25) is 0 Å². The second kappa shape index (κ2) is 7.88. The molecule has 17 heavy (non-hydrogen) atoms. The Labute approximate surface area is 109 Å². The van der Waals surface area contributed by atoms with Crippen molar-refractivity contribution in [1.29, 1.82) is 0 Å². The van der Waals surface area contributed by atoms with E-state index in [2.05, 4.69) is 45.9 Å². The van der Waals surface area contributed by atoms with Crippen molar-refractivity contribution in [3.05, 3.63) is 29.3 Å². The van der Waals surface area contributed by atoms with Crippen LogP contribution in [0.4, 0.5) is 0 Å². The summed E-state index contributed by atoms with van der Waals surface area (Å²) < 4.78 is 0. The van der Waals surface area contributed by atoms with Gasteiger partial charge in [-0.05, 0) is 55.4 Å². The van der Waals surface area contributed by atoms with E-state index in [1.165, 1.54) is 49.1 Å². The molecule has 0 fully saturated rings. The average Bonchev–Trinajstić information content (AvgIpc) is 2.31. The molecule has 1 rings (SSSR count). The van der Waals surface area contributed by atoms with E-state index >= 15 is 0 Å². The molecule has 0 amide bonds. The highest BCUT2D eigenvalue weighted by molar-refractivity contribution is 7.65. The summed E-state index contributed by atoms with van der Waals surface area (Å²) in [7, 11) is 0.0908. The van der Waals surface area contributed by atoms with E-state index in [1.807, 2.05) is 0 Å². The molecular formula is C16H27P. The second-order valence-corrected chi connectivity index (χ2v) is 7.36. The molecule has 0 heterocycles. The topological polar surface area (TPSA) is 0 Å². The Hall–Kier alpha value is -0.350. The molecule has 1 aromatic rings. The molecule has 0 atom stereocenters. The number of hydrogen-bond donors (Lipinski definition) is 0. The van der Waals surface area contributed by atoms with Gasteiger partial charge < -0.3 is 0 Å². The molecule has 0 spiro atoms. The molecule has 1 heteroatoms. The summed E-state index contributed by atoms with van der Waals surface area (Å²) in [5, 5.41) is 1.70. The summed E-state index contributed by atoms with van der Waals surface area (Å²) in [4.78, 5) is 0. The molecule has 96 valence electrons. The third-order valence-corrected chi connectivity index (χ3v) is 6.37. The maximum absolute atomic E-state index is 2.30. The van der Waals surface area contributed by atoms with Crippen molar-refractivity contribution in [2.75, 3.05) is 12.3 Å². The number of benzene rings is 1. The van der Waals surface area contributed by atoms with E-state index in [9.17, 15) is 0 Å². The SMILES string of the molecule is CCCCP(CCCC)c1c(C)cccc1C. The monoisotopic (exact) mass is 250 g/mol. The first-order valence-electron chi connectivity index (χ1n) is 7.01. The number of rotatable bonds is 7. The van der Waals surface area contributed by atoms with Crippen LogP contribution in [-0.2, 0) is 0 Å². The van der Waals surface area contributed by atoms with E-state index in [0.717, 1.165) is 0 Å². The van der Waals surface area contributed by atoms with Gasteiger partial charge in [0.1, 0.15) is 0 Å². The van der Waals surface area contributed by atoms with Crippen LogP contribution in [0.5, 0.6) is 0 Å². The Morgan fingerprint density at radius 2 is 1.35 bits per heavy atom. The average molecular weight is 250 g/mol. The fourth-order valence-electron chi connectivity index (χ4n) is 2.34. The van der Waals surface area contributed by atoms with Gasteiger partial charge in [-0.1, -0.05) is 52.8 Å². The predicted octanol–water partition coefficient (Wildman–Crippen LogP) is 5.01. The first-order valence-corrected chi connectivity index (χ1v) is 8.73. The fraction of sp³-hybridized carbons (Fsp3) is 0.625. The number of aryl methyl sites for hydroxylation is 2. The lowest BCUT2D eigenvalue weighted by molar-refractivity contribution is 0.870. The largest absolute Gasteiger partial charge is 0.0747 e. The Bertz CT molecular complexity index is 302. The van der Waals surface area contributed by atoms with E-state index in [4.69, 9.17) is 0 Å². The summed E-state index contributed by atoms with van der Waals surface area (Å²) in [5.74, 6) is 0. The molecule has 0 saturated heterocycles. The van der Waals surface area contributed by atoms with Crippen LogP contribution in [0, 0.1) is 13.8 Å². The second-order valence-electron chi connectivity index (χ2n) is 4.93. The van der Waals surface area contributed by atoms with Gasteiger partial charge in [-0.3, -0.25) is 0 Å². The lowest BCUT2D eigenvalue weighted by Gasteiger charge is -2.22. The molecule has 0 aliphatic carbocycles. The molecule has 0 aliphatic rings. The van der Waals surface area contributed by atoms with Crippen LogP contribution in [0.2, 0.25) is 0 Å². The van der Waals surface area contributed by atoms with Crippen LogP contribution in [-0.4, -0.2) is 12.3 Å². The molecule has 0 nitrogen and oxygen atoms in total. The molecule has 0 N–H and O–H groups in total. The minimum Gasteiger partial charge on any atom is -0.0747 e. The molecular weight excluding hydrogens is 223 g/mol. The van der Waals surface area contributed by atoms with Crippen molar-refractivity contribution in [1.82, 2.24) is 0 Å². The summed E-state index contributed by atoms with van der Waals surface area (Å²) in [6.45, 7) is 9.18. The molecule has 0 aliphatic heterocycles. The first kappa shape index (κ1) is 14.7. The first-order chi connectivity index (χ1) is 8.20. The summed E-state index contributed by atoms with van der Waals surface area (Å²) in [6, 6.07) is 6.77. The van der Waals surface area contributed by atoms with Gasteiger partial charge in [0.05, 0.1) is 0 Å². The predicted molar refractivity (Wildman–Crippen MR) is 82.0 cm³/mol. The maximum Gasteiger partial charge on any atom is -0.0182 e. The van der Waals surface area contributed by atoms with E-state index in [0.29, 0.717) is 0 Å². The van der Waals surface area contributed by atoms with E-state index < -0.39 is 0 Å². The number of unbranched alkanes of at least 4 members (excludes halogenated alkanes) is 2. The van der Waals surface area contributed by atoms with Crippen LogP contribution in [0.1, 0.15) is 50.7 Å². The van der Waals surface area contributed by atoms with Crippen molar-refractivity contribution in [2.45, 2.75) is 53.4 Å². The van der Waals surface area contributed by atoms with Gasteiger partial charge in [-0.15, -0.1) is 0 Å². The van der Waals surface area contributed by atoms with Gasteiger partial charge in [0.15, 0.2) is 0 Å². The summed E-state index contributed by atoms with van der Waals surface area (Å²) in [6.07, 6.45) is 8.30. The smallest absolute Gasteiger partial charge is 0.0182 e. The highest BCUT2D eigenvalue weighted by Crippen LogP contribution is 2.39. The van der Waals surface area contributed by atoms with Crippen molar-refractivity contribution in [2.24, 2.45) is 0 Å². The minimum atomic E-state index is 0.0908. The lowest BCUT2D eigenvalue weighted by Crippen LogP contribution is -2.13. The minimum absolute atomic E-state index is 0.0908. The zero-order chi connectivity index (χ0) is 12.7. The number of hydrogen-bond acceptors (Lipinski definition) is 0. The fourth-order valence-corrected chi connectivity index (χ4v) is 5.55.